The van der Waals surface area contributed by atoms with Gasteiger partial charge in [0.15, 0.2) is 0 Å². The Morgan fingerprint density at radius 1 is 1.15 bits per heavy atom. The number of aromatic amines is 1. The first-order valence-electron chi connectivity index (χ1n) is 9.20. The molecular formula is C21H24N4O. The summed E-state index contributed by atoms with van der Waals surface area (Å²) in [5.74, 6) is 0. The molecule has 2 aromatic heterocycles. The van der Waals surface area contributed by atoms with Crippen molar-refractivity contribution in [2.75, 3.05) is 31.1 Å². The van der Waals surface area contributed by atoms with Gasteiger partial charge in [-0.2, -0.15) is 0 Å². The number of anilines is 1. The summed E-state index contributed by atoms with van der Waals surface area (Å²) in [5, 5.41) is 0. The van der Waals surface area contributed by atoms with Gasteiger partial charge in [-0.15, -0.1) is 0 Å². The number of H-pyrrole nitrogens is 1. The Balaban J connectivity index is 1.44. The summed E-state index contributed by atoms with van der Waals surface area (Å²) in [6.07, 6.45) is 11.3. The lowest BCUT2D eigenvalue weighted by Crippen LogP contribution is -2.50. The van der Waals surface area contributed by atoms with Gasteiger partial charge in [0.05, 0.1) is 11.4 Å². The number of pyridine rings is 2. The quantitative estimate of drug-likeness (QED) is 0.927. The number of piperazine rings is 1. The number of rotatable bonds is 3. The Bertz CT molecular complexity index is 870. The van der Waals surface area contributed by atoms with Crippen molar-refractivity contribution in [1.82, 2.24) is 14.9 Å². The molecule has 5 nitrogen and oxygen atoms in total. The van der Waals surface area contributed by atoms with E-state index in [0.29, 0.717) is 6.04 Å². The normalized spacial score (nSPS) is 18.8. The lowest BCUT2D eigenvalue weighted by Gasteiger charge is -2.39. The topological polar surface area (TPSA) is 52.2 Å². The maximum atomic E-state index is 11.2. The van der Waals surface area contributed by atoms with Crippen LogP contribution in [-0.2, 0) is 0 Å². The maximum absolute atomic E-state index is 11.2. The average Bonchev–Trinajstić information content (AvgIpc) is 2.91. The van der Waals surface area contributed by atoms with Crippen molar-refractivity contribution in [3.8, 4) is 0 Å². The molecule has 1 saturated heterocycles. The highest BCUT2D eigenvalue weighted by Crippen LogP contribution is 2.25. The molecule has 0 aromatic carbocycles. The van der Waals surface area contributed by atoms with Crippen molar-refractivity contribution in [3.05, 3.63) is 69.9 Å². The smallest absolute Gasteiger partial charge is 0.248 e. The molecule has 1 N–H and O–H groups in total. The lowest BCUT2D eigenvalue weighted by atomic mass is 10.0. The molecule has 3 heterocycles. The molecule has 1 fully saturated rings. The van der Waals surface area contributed by atoms with E-state index in [1.165, 1.54) is 11.1 Å². The zero-order chi connectivity index (χ0) is 17.9. The molecule has 1 aliphatic carbocycles. The Labute approximate surface area is 153 Å². The second-order valence-corrected chi connectivity index (χ2v) is 6.91. The highest BCUT2D eigenvalue weighted by molar-refractivity contribution is 5.67. The first kappa shape index (κ1) is 16.8. The maximum Gasteiger partial charge on any atom is 0.248 e. The van der Waals surface area contributed by atoms with Gasteiger partial charge in [-0.1, -0.05) is 18.2 Å². The number of allylic oxidation sites excluding steroid dienone is 1. The third-order valence-electron chi connectivity index (χ3n) is 5.37. The molecule has 0 spiro atoms. The zero-order valence-corrected chi connectivity index (χ0v) is 15.1. The van der Waals surface area contributed by atoms with Gasteiger partial charge < -0.3 is 9.88 Å². The van der Waals surface area contributed by atoms with Gasteiger partial charge in [0, 0.05) is 56.2 Å². The third-order valence-corrected chi connectivity index (χ3v) is 5.37. The third kappa shape index (κ3) is 3.48. The monoisotopic (exact) mass is 348 g/mol. The van der Waals surface area contributed by atoms with Gasteiger partial charge in [0.2, 0.25) is 5.56 Å². The molecule has 0 saturated carbocycles. The van der Waals surface area contributed by atoms with E-state index in [-0.39, 0.29) is 5.56 Å². The minimum absolute atomic E-state index is 0.0517. The molecule has 134 valence electrons. The summed E-state index contributed by atoms with van der Waals surface area (Å²) in [4.78, 5) is 23.3. The number of aromatic nitrogens is 2. The number of nitrogens with one attached hydrogen (secondary N) is 1. The van der Waals surface area contributed by atoms with Crippen LogP contribution in [0.15, 0.2) is 53.1 Å². The molecule has 0 amide bonds. The number of hydrogen-bond donors (Lipinski definition) is 1. The summed E-state index contributed by atoms with van der Waals surface area (Å²) in [7, 11) is 0. The van der Waals surface area contributed by atoms with E-state index in [1.54, 1.807) is 6.07 Å². The van der Waals surface area contributed by atoms with E-state index in [1.807, 2.05) is 24.5 Å². The van der Waals surface area contributed by atoms with Crippen LogP contribution < -0.4 is 10.5 Å². The molecule has 1 aliphatic heterocycles. The molecule has 5 heteroatoms. The van der Waals surface area contributed by atoms with Crippen LogP contribution in [0.1, 0.15) is 24.6 Å². The van der Waals surface area contributed by atoms with Crippen LogP contribution in [0.4, 0.5) is 5.69 Å². The van der Waals surface area contributed by atoms with Crippen LogP contribution >= 0.6 is 0 Å². The molecule has 2 aliphatic rings. The first-order chi connectivity index (χ1) is 12.7. The average molecular weight is 348 g/mol. The molecule has 0 bridgehead atoms. The SMILES string of the molecule is CC(C1=Cc2cccnc2C=CC1)N1CCN(c2ccc(=O)[nH]c2)CC1. The van der Waals surface area contributed by atoms with Crippen molar-refractivity contribution in [3.63, 3.8) is 0 Å². The molecular weight excluding hydrogens is 324 g/mol. The standard InChI is InChI=1S/C21H24N4O/c1-16(17-4-2-6-20-18(14-17)5-3-9-22-20)24-10-12-25(13-11-24)19-7-8-21(26)23-15-19/h2-3,5-9,14-16H,4,10-13H2,1H3,(H,23,26). The van der Waals surface area contributed by atoms with Crippen LogP contribution in [0.25, 0.3) is 12.2 Å². The fourth-order valence-corrected chi connectivity index (χ4v) is 3.75. The molecule has 26 heavy (non-hydrogen) atoms. The van der Waals surface area contributed by atoms with E-state index < -0.39 is 0 Å². The van der Waals surface area contributed by atoms with Crippen molar-refractivity contribution >= 4 is 17.8 Å². The zero-order valence-electron chi connectivity index (χ0n) is 15.1. The van der Waals surface area contributed by atoms with Gasteiger partial charge in [-0.3, -0.25) is 14.7 Å². The van der Waals surface area contributed by atoms with E-state index in [9.17, 15) is 4.79 Å². The van der Waals surface area contributed by atoms with E-state index in [4.69, 9.17) is 0 Å². The predicted molar refractivity (Wildman–Crippen MR) is 106 cm³/mol. The minimum atomic E-state index is -0.0517. The first-order valence-corrected chi connectivity index (χ1v) is 9.20. The Hall–Kier alpha value is -2.66. The second-order valence-electron chi connectivity index (χ2n) is 6.91. The van der Waals surface area contributed by atoms with Gasteiger partial charge in [0.1, 0.15) is 0 Å². The van der Waals surface area contributed by atoms with E-state index in [0.717, 1.165) is 44.0 Å². The van der Waals surface area contributed by atoms with Gasteiger partial charge >= 0.3 is 0 Å². The molecule has 1 unspecified atom stereocenters. The van der Waals surface area contributed by atoms with Crippen LogP contribution in [0.5, 0.6) is 0 Å². The summed E-state index contributed by atoms with van der Waals surface area (Å²) in [5.41, 5.74) is 4.73. The van der Waals surface area contributed by atoms with Crippen molar-refractivity contribution in [1.29, 1.82) is 0 Å². The van der Waals surface area contributed by atoms with Crippen LogP contribution in [0, 0.1) is 0 Å². The van der Waals surface area contributed by atoms with Crippen LogP contribution in [0.3, 0.4) is 0 Å². The van der Waals surface area contributed by atoms with Gasteiger partial charge in [-0.05, 0) is 37.1 Å². The molecule has 2 aromatic rings. The van der Waals surface area contributed by atoms with Gasteiger partial charge in [-0.25, -0.2) is 0 Å². The summed E-state index contributed by atoms with van der Waals surface area (Å²) >= 11 is 0. The summed E-state index contributed by atoms with van der Waals surface area (Å²) in [6, 6.07) is 8.04. The largest absolute Gasteiger partial charge is 0.368 e. The van der Waals surface area contributed by atoms with Crippen LogP contribution in [-0.4, -0.2) is 47.1 Å². The van der Waals surface area contributed by atoms with Crippen molar-refractivity contribution in [2.45, 2.75) is 19.4 Å². The molecule has 4 rings (SSSR count). The van der Waals surface area contributed by atoms with E-state index >= 15 is 0 Å². The summed E-state index contributed by atoms with van der Waals surface area (Å²) in [6.45, 7) is 6.27. The lowest BCUT2D eigenvalue weighted by molar-refractivity contribution is 0.219. The highest BCUT2D eigenvalue weighted by atomic mass is 16.1. The second kappa shape index (κ2) is 7.30. The number of nitrogens with zero attached hydrogens (tertiary/aromatic N) is 3. The van der Waals surface area contributed by atoms with E-state index in [2.05, 4.69) is 51.0 Å². The Morgan fingerprint density at radius 2 is 2.00 bits per heavy atom. The minimum Gasteiger partial charge on any atom is -0.368 e. The van der Waals surface area contributed by atoms with Gasteiger partial charge in [0.25, 0.3) is 0 Å². The predicted octanol–water partition coefficient (Wildman–Crippen LogP) is 2.78. The number of hydrogen-bond acceptors (Lipinski definition) is 4. The van der Waals surface area contributed by atoms with Crippen molar-refractivity contribution in [2.24, 2.45) is 0 Å². The fourth-order valence-electron chi connectivity index (χ4n) is 3.75. The van der Waals surface area contributed by atoms with Crippen molar-refractivity contribution < 1.29 is 0 Å². The Morgan fingerprint density at radius 3 is 2.77 bits per heavy atom. The van der Waals surface area contributed by atoms with Crippen LogP contribution in [0.2, 0.25) is 0 Å². The fraction of sp³-hybridized carbons (Fsp3) is 0.333. The Kier molecular flexibility index (Phi) is 4.71. The summed E-state index contributed by atoms with van der Waals surface area (Å²) < 4.78 is 0. The molecule has 1 atom stereocenters. The highest BCUT2D eigenvalue weighted by Gasteiger charge is 2.23. The number of fused-ring (bicyclic) bond motifs is 1. The molecule has 0 radical (unpaired) electrons.